The third-order valence-corrected chi connectivity index (χ3v) is 6.52. The molecule has 0 aliphatic rings. The van der Waals surface area contributed by atoms with Crippen LogP contribution in [0.1, 0.15) is 65.8 Å². The van der Waals surface area contributed by atoms with E-state index in [0.29, 0.717) is 103 Å². The summed E-state index contributed by atoms with van der Waals surface area (Å²) in [5.41, 5.74) is 2.02. The van der Waals surface area contributed by atoms with Gasteiger partial charge in [0.25, 0.3) is 0 Å². The third kappa shape index (κ3) is 12.5. The second-order valence-corrected chi connectivity index (χ2v) is 10.7. The zero-order chi connectivity index (χ0) is 34.2. The Morgan fingerprint density at radius 1 is 0.553 bits per heavy atom. The van der Waals surface area contributed by atoms with Crippen LogP contribution in [-0.4, -0.2) is 50.3 Å². The number of hydrogen-bond acceptors (Lipinski definition) is 10. The molecule has 10 heteroatoms. The third-order valence-electron chi connectivity index (χ3n) is 6.52. The van der Waals surface area contributed by atoms with Crippen LogP contribution in [-0.2, 0) is 19.1 Å². The van der Waals surface area contributed by atoms with Crippen molar-refractivity contribution in [3.05, 3.63) is 108 Å². The summed E-state index contributed by atoms with van der Waals surface area (Å²) in [7, 11) is 0. The number of rotatable bonds is 18. The lowest BCUT2D eigenvalue weighted by atomic mass is 10.2. The maximum absolute atomic E-state index is 12.7. The van der Waals surface area contributed by atoms with Crippen LogP contribution in [0.25, 0.3) is 0 Å². The molecule has 0 amide bonds. The van der Waals surface area contributed by atoms with E-state index in [-0.39, 0.29) is 0 Å². The van der Waals surface area contributed by atoms with E-state index in [1.54, 1.807) is 87.5 Å². The second kappa shape index (κ2) is 18.6. The van der Waals surface area contributed by atoms with Crippen LogP contribution >= 0.6 is 0 Å². The molecule has 0 bridgehead atoms. The molecule has 0 atom stereocenters. The Morgan fingerprint density at radius 2 is 0.957 bits per heavy atom. The number of benzene rings is 3. The SMILES string of the molecule is C=C(C)C(=O)OCCCCOc1ccc(C(=O)Oc2ccc(OC(=O)c3ccc(OCCCCOC(=O)C(=C)C)cc3)c(C)c2)cc1. The van der Waals surface area contributed by atoms with Gasteiger partial charge in [0.2, 0.25) is 0 Å². The van der Waals surface area contributed by atoms with Crippen molar-refractivity contribution in [1.82, 2.24) is 0 Å². The molecule has 0 aromatic heterocycles. The van der Waals surface area contributed by atoms with Crippen molar-refractivity contribution in [2.75, 3.05) is 26.4 Å². The summed E-state index contributed by atoms with van der Waals surface area (Å²) in [6.45, 7) is 13.5. The van der Waals surface area contributed by atoms with Crippen molar-refractivity contribution >= 4 is 23.9 Å². The molecule has 0 saturated heterocycles. The lowest BCUT2D eigenvalue weighted by molar-refractivity contribution is -0.139. The minimum Gasteiger partial charge on any atom is -0.494 e. The fourth-order valence-corrected chi connectivity index (χ4v) is 3.86. The van der Waals surface area contributed by atoms with Gasteiger partial charge >= 0.3 is 23.9 Å². The largest absolute Gasteiger partial charge is 0.494 e. The van der Waals surface area contributed by atoms with Gasteiger partial charge in [-0.25, -0.2) is 19.2 Å². The Morgan fingerprint density at radius 3 is 1.38 bits per heavy atom. The minimum atomic E-state index is -0.548. The molecule has 0 saturated carbocycles. The smallest absolute Gasteiger partial charge is 0.343 e. The van der Waals surface area contributed by atoms with E-state index in [2.05, 4.69) is 13.2 Å². The normalized spacial score (nSPS) is 10.4. The Kier molecular flexibility index (Phi) is 14.2. The van der Waals surface area contributed by atoms with E-state index in [1.807, 2.05) is 0 Å². The van der Waals surface area contributed by atoms with Crippen LogP contribution in [0.2, 0.25) is 0 Å². The molecular formula is C37H40O10. The maximum atomic E-state index is 12.7. The molecule has 3 rings (SSSR count). The molecule has 0 heterocycles. The van der Waals surface area contributed by atoms with Gasteiger partial charge in [-0.05, 0) is 119 Å². The molecule has 0 unspecified atom stereocenters. The van der Waals surface area contributed by atoms with Gasteiger partial charge < -0.3 is 28.4 Å². The van der Waals surface area contributed by atoms with E-state index in [0.717, 1.165) is 0 Å². The zero-order valence-corrected chi connectivity index (χ0v) is 27.0. The lowest BCUT2D eigenvalue weighted by Gasteiger charge is -2.11. The van der Waals surface area contributed by atoms with Crippen LogP contribution in [0.4, 0.5) is 0 Å². The number of ether oxygens (including phenoxy) is 6. The average molecular weight is 645 g/mol. The lowest BCUT2D eigenvalue weighted by Crippen LogP contribution is -2.11. The van der Waals surface area contributed by atoms with Gasteiger partial charge in [-0.1, -0.05) is 13.2 Å². The summed E-state index contributed by atoms with van der Waals surface area (Å²) in [4.78, 5) is 48.1. The summed E-state index contributed by atoms with van der Waals surface area (Å²) in [5.74, 6) is -0.0706. The zero-order valence-electron chi connectivity index (χ0n) is 27.0. The van der Waals surface area contributed by atoms with Crippen molar-refractivity contribution in [2.24, 2.45) is 0 Å². The first-order valence-electron chi connectivity index (χ1n) is 15.2. The molecular weight excluding hydrogens is 604 g/mol. The number of aryl methyl sites for hydroxylation is 1. The Bertz CT molecular complexity index is 1550. The van der Waals surface area contributed by atoms with Crippen molar-refractivity contribution < 1.29 is 47.6 Å². The quantitative estimate of drug-likeness (QED) is 0.0619. The van der Waals surface area contributed by atoms with E-state index < -0.39 is 23.9 Å². The molecule has 0 N–H and O–H groups in total. The van der Waals surface area contributed by atoms with Crippen molar-refractivity contribution in [2.45, 2.75) is 46.5 Å². The van der Waals surface area contributed by atoms with Gasteiger partial charge in [0.1, 0.15) is 23.0 Å². The van der Waals surface area contributed by atoms with Gasteiger partial charge in [-0.3, -0.25) is 0 Å². The van der Waals surface area contributed by atoms with Crippen molar-refractivity contribution in [1.29, 1.82) is 0 Å². The number of carbonyl (C=O) groups excluding carboxylic acids is 4. The number of esters is 4. The first kappa shape index (κ1) is 36.1. The van der Waals surface area contributed by atoms with Crippen molar-refractivity contribution in [3.8, 4) is 23.0 Å². The van der Waals surface area contributed by atoms with Gasteiger partial charge in [0.15, 0.2) is 0 Å². The van der Waals surface area contributed by atoms with E-state index in [1.165, 1.54) is 0 Å². The number of unbranched alkanes of at least 4 members (excludes halogenated alkanes) is 2. The highest BCUT2D eigenvalue weighted by atomic mass is 16.5. The van der Waals surface area contributed by atoms with Gasteiger partial charge in [-0.2, -0.15) is 0 Å². The van der Waals surface area contributed by atoms with Crippen molar-refractivity contribution in [3.63, 3.8) is 0 Å². The first-order valence-corrected chi connectivity index (χ1v) is 15.2. The fourth-order valence-electron chi connectivity index (χ4n) is 3.86. The molecule has 3 aromatic rings. The number of carbonyl (C=O) groups is 4. The molecule has 0 aliphatic carbocycles. The summed E-state index contributed by atoms with van der Waals surface area (Å²) in [5, 5.41) is 0. The summed E-state index contributed by atoms with van der Waals surface area (Å²) in [6.07, 6.45) is 2.70. The highest BCUT2D eigenvalue weighted by molar-refractivity contribution is 5.92. The van der Waals surface area contributed by atoms with Gasteiger partial charge in [-0.15, -0.1) is 0 Å². The van der Waals surface area contributed by atoms with E-state index >= 15 is 0 Å². The topological polar surface area (TPSA) is 124 Å². The summed E-state index contributed by atoms with van der Waals surface area (Å²) < 4.78 is 32.5. The molecule has 0 spiro atoms. The van der Waals surface area contributed by atoms with Crippen LogP contribution in [0, 0.1) is 6.92 Å². The Balaban J connectivity index is 1.40. The molecule has 0 radical (unpaired) electrons. The van der Waals surface area contributed by atoms with Gasteiger partial charge in [0.05, 0.1) is 37.6 Å². The predicted octanol–water partition coefficient (Wildman–Crippen LogP) is 6.99. The molecule has 10 nitrogen and oxygen atoms in total. The molecule has 47 heavy (non-hydrogen) atoms. The highest BCUT2D eigenvalue weighted by Crippen LogP contribution is 2.26. The fraction of sp³-hybridized carbons (Fsp3) is 0.297. The minimum absolute atomic E-state index is 0.300. The molecule has 248 valence electrons. The summed E-state index contributed by atoms with van der Waals surface area (Å²) >= 11 is 0. The van der Waals surface area contributed by atoms with Crippen LogP contribution < -0.4 is 18.9 Å². The van der Waals surface area contributed by atoms with Crippen LogP contribution in [0.15, 0.2) is 91.0 Å². The second-order valence-electron chi connectivity index (χ2n) is 10.7. The van der Waals surface area contributed by atoms with Crippen LogP contribution in [0.3, 0.4) is 0 Å². The first-order chi connectivity index (χ1) is 22.5. The standard InChI is InChI=1S/C37H40O10/c1-25(2)34(38)44-22-8-6-20-42-30-14-10-28(11-15-30)36(40)46-32-18-19-33(27(5)24-32)47-37(41)29-12-16-31(17-13-29)43-21-7-9-23-45-35(39)26(3)4/h10-19,24H,1,3,6-9,20-23H2,2,4-5H3. The Hall–Kier alpha value is -5.38. The Labute approximate surface area is 274 Å². The monoisotopic (exact) mass is 644 g/mol. The number of hydrogen-bond donors (Lipinski definition) is 0. The molecule has 0 fully saturated rings. The van der Waals surface area contributed by atoms with E-state index in [4.69, 9.17) is 28.4 Å². The predicted molar refractivity (Wildman–Crippen MR) is 175 cm³/mol. The summed E-state index contributed by atoms with van der Waals surface area (Å²) in [6, 6.07) is 17.9. The average Bonchev–Trinajstić information content (AvgIpc) is 3.05. The van der Waals surface area contributed by atoms with Gasteiger partial charge in [0, 0.05) is 11.1 Å². The maximum Gasteiger partial charge on any atom is 0.343 e. The van der Waals surface area contributed by atoms with Crippen LogP contribution in [0.5, 0.6) is 23.0 Å². The molecule has 3 aromatic carbocycles. The molecule has 0 aliphatic heterocycles. The van der Waals surface area contributed by atoms with E-state index in [9.17, 15) is 19.2 Å². The highest BCUT2D eigenvalue weighted by Gasteiger charge is 2.14.